The third kappa shape index (κ3) is 6.05. The standard InChI is InChI=1S/C18H35N3O2/c1-4-16(2)23-15-5-8-20-11-13-21(14-12-20)18(22)17-6-9-19(3)10-7-17/h16-17H,4-15H2,1-3H3. The molecule has 23 heavy (non-hydrogen) atoms. The molecular formula is C18H35N3O2. The van der Waals surface area contributed by atoms with E-state index in [-0.39, 0.29) is 5.92 Å². The van der Waals surface area contributed by atoms with Crippen molar-refractivity contribution in [3.05, 3.63) is 0 Å². The third-order valence-corrected chi connectivity index (χ3v) is 5.35. The van der Waals surface area contributed by atoms with Crippen molar-refractivity contribution in [2.45, 2.75) is 45.6 Å². The fourth-order valence-corrected chi connectivity index (χ4v) is 3.40. The maximum absolute atomic E-state index is 12.6. The van der Waals surface area contributed by atoms with E-state index in [9.17, 15) is 4.79 Å². The van der Waals surface area contributed by atoms with Crippen molar-refractivity contribution in [1.82, 2.24) is 14.7 Å². The molecule has 5 nitrogen and oxygen atoms in total. The zero-order valence-electron chi connectivity index (χ0n) is 15.3. The summed E-state index contributed by atoms with van der Waals surface area (Å²) in [5.74, 6) is 0.666. The molecule has 2 rings (SSSR count). The third-order valence-electron chi connectivity index (χ3n) is 5.35. The van der Waals surface area contributed by atoms with Gasteiger partial charge in [0.25, 0.3) is 0 Å². The van der Waals surface area contributed by atoms with E-state index in [1.807, 2.05) is 0 Å². The van der Waals surface area contributed by atoms with Gasteiger partial charge in [0.05, 0.1) is 6.10 Å². The molecule has 2 fully saturated rings. The first kappa shape index (κ1) is 18.7. The molecule has 0 radical (unpaired) electrons. The van der Waals surface area contributed by atoms with E-state index >= 15 is 0 Å². The lowest BCUT2D eigenvalue weighted by atomic mass is 9.95. The van der Waals surface area contributed by atoms with Crippen LogP contribution in [0.25, 0.3) is 0 Å². The van der Waals surface area contributed by atoms with Crippen molar-refractivity contribution in [2.24, 2.45) is 5.92 Å². The SMILES string of the molecule is CCC(C)OCCCN1CCN(C(=O)C2CCN(C)CC2)CC1. The molecule has 1 unspecified atom stereocenters. The van der Waals surface area contributed by atoms with Crippen molar-refractivity contribution in [3.8, 4) is 0 Å². The van der Waals surface area contributed by atoms with Crippen LogP contribution >= 0.6 is 0 Å². The van der Waals surface area contributed by atoms with Gasteiger partial charge in [-0.15, -0.1) is 0 Å². The van der Waals surface area contributed by atoms with Crippen molar-refractivity contribution in [3.63, 3.8) is 0 Å². The smallest absolute Gasteiger partial charge is 0.225 e. The minimum Gasteiger partial charge on any atom is -0.378 e. The van der Waals surface area contributed by atoms with Crippen LogP contribution in [-0.4, -0.2) is 86.2 Å². The number of amides is 1. The Morgan fingerprint density at radius 3 is 2.39 bits per heavy atom. The highest BCUT2D eigenvalue weighted by Gasteiger charge is 2.29. The second-order valence-corrected chi connectivity index (χ2v) is 7.19. The van der Waals surface area contributed by atoms with Gasteiger partial charge in [-0.2, -0.15) is 0 Å². The van der Waals surface area contributed by atoms with E-state index in [1.165, 1.54) is 0 Å². The molecule has 2 aliphatic rings. The second-order valence-electron chi connectivity index (χ2n) is 7.19. The topological polar surface area (TPSA) is 36.0 Å². The van der Waals surface area contributed by atoms with E-state index in [0.29, 0.717) is 12.0 Å². The Bertz CT molecular complexity index is 348. The molecule has 0 aromatic carbocycles. The summed E-state index contributed by atoms with van der Waals surface area (Å²) in [6, 6.07) is 0. The first-order valence-corrected chi connectivity index (χ1v) is 9.41. The Morgan fingerprint density at radius 1 is 1.13 bits per heavy atom. The van der Waals surface area contributed by atoms with Crippen molar-refractivity contribution >= 4 is 5.91 Å². The van der Waals surface area contributed by atoms with Gasteiger partial charge in [-0.1, -0.05) is 6.92 Å². The van der Waals surface area contributed by atoms with Gasteiger partial charge >= 0.3 is 0 Å². The summed E-state index contributed by atoms with van der Waals surface area (Å²) >= 11 is 0. The number of rotatable bonds is 7. The summed E-state index contributed by atoms with van der Waals surface area (Å²) in [6.45, 7) is 12.2. The van der Waals surface area contributed by atoms with Gasteiger partial charge in [-0.25, -0.2) is 0 Å². The van der Waals surface area contributed by atoms with Crippen LogP contribution in [0.15, 0.2) is 0 Å². The summed E-state index contributed by atoms with van der Waals surface area (Å²) in [6.07, 6.45) is 4.61. The van der Waals surface area contributed by atoms with Crippen LogP contribution in [0, 0.1) is 5.92 Å². The Kier molecular flexibility index (Phi) is 7.80. The fraction of sp³-hybridized carbons (Fsp3) is 0.944. The molecule has 0 spiro atoms. The molecule has 0 aromatic heterocycles. The molecule has 2 saturated heterocycles. The number of carbonyl (C=O) groups excluding carboxylic acids is 1. The van der Waals surface area contributed by atoms with Crippen molar-refractivity contribution in [2.75, 3.05) is 59.5 Å². The monoisotopic (exact) mass is 325 g/mol. The molecule has 2 heterocycles. The van der Waals surface area contributed by atoms with Crippen LogP contribution in [0.3, 0.4) is 0 Å². The van der Waals surface area contributed by atoms with Crippen LogP contribution in [-0.2, 0) is 9.53 Å². The fourth-order valence-electron chi connectivity index (χ4n) is 3.40. The van der Waals surface area contributed by atoms with Gasteiger partial charge in [-0.05, 0) is 52.7 Å². The molecule has 5 heteroatoms. The van der Waals surface area contributed by atoms with Gasteiger partial charge in [0.15, 0.2) is 0 Å². The predicted octanol–water partition coefficient (Wildman–Crippen LogP) is 1.68. The van der Waals surface area contributed by atoms with Gasteiger partial charge in [0.1, 0.15) is 0 Å². The minimum atomic E-state index is 0.265. The molecule has 0 N–H and O–H groups in total. The normalized spacial score (nSPS) is 23.2. The Morgan fingerprint density at radius 2 is 1.78 bits per heavy atom. The lowest BCUT2D eigenvalue weighted by Gasteiger charge is -2.38. The van der Waals surface area contributed by atoms with E-state index in [2.05, 4.69) is 35.6 Å². The number of piperazine rings is 1. The van der Waals surface area contributed by atoms with Crippen LogP contribution in [0.4, 0.5) is 0 Å². The van der Waals surface area contributed by atoms with Crippen LogP contribution < -0.4 is 0 Å². The highest BCUT2D eigenvalue weighted by atomic mass is 16.5. The lowest BCUT2D eigenvalue weighted by Crippen LogP contribution is -2.51. The van der Waals surface area contributed by atoms with Crippen LogP contribution in [0.1, 0.15) is 39.5 Å². The molecule has 134 valence electrons. The first-order valence-electron chi connectivity index (χ1n) is 9.41. The van der Waals surface area contributed by atoms with Crippen LogP contribution in [0.2, 0.25) is 0 Å². The summed E-state index contributed by atoms with van der Waals surface area (Å²) in [5, 5.41) is 0. The molecular weight excluding hydrogens is 290 g/mol. The minimum absolute atomic E-state index is 0.265. The van der Waals surface area contributed by atoms with Crippen molar-refractivity contribution in [1.29, 1.82) is 0 Å². The van der Waals surface area contributed by atoms with Gasteiger partial charge < -0.3 is 14.5 Å². The average Bonchev–Trinajstić information content (AvgIpc) is 2.59. The average molecular weight is 325 g/mol. The van der Waals surface area contributed by atoms with Crippen LogP contribution in [0.5, 0.6) is 0 Å². The van der Waals surface area contributed by atoms with E-state index < -0.39 is 0 Å². The number of likely N-dealkylation sites (tertiary alicyclic amines) is 1. The molecule has 1 atom stereocenters. The molecule has 1 amide bonds. The van der Waals surface area contributed by atoms with E-state index in [4.69, 9.17) is 4.74 Å². The summed E-state index contributed by atoms with van der Waals surface area (Å²) < 4.78 is 5.73. The lowest BCUT2D eigenvalue weighted by molar-refractivity contribution is -0.138. The summed E-state index contributed by atoms with van der Waals surface area (Å²) in [7, 11) is 2.14. The number of nitrogens with zero attached hydrogens (tertiary/aromatic N) is 3. The highest BCUT2D eigenvalue weighted by Crippen LogP contribution is 2.19. The maximum Gasteiger partial charge on any atom is 0.225 e. The molecule has 0 bridgehead atoms. The highest BCUT2D eigenvalue weighted by molar-refractivity contribution is 5.79. The number of hydrogen-bond acceptors (Lipinski definition) is 4. The quantitative estimate of drug-likeness (QED) is 0.667. The summed E-state index contributed by atoms with van der Waals surface area (Å²) in [4.78, 5) is 19.5. The summed E-state index contributed by atoms with van der Waals surface area (Å²) in [5.41, 5.74) is 0. The zero-order chi connectivity index (χ0) is 16.7. The van der Waals surface area contributed by atoms with E-state index in [1.54, 1.807) is 0 Å². The molecule has 0 saturated carbocycles. The number of hydrogen-bond donors (Lipinski definition) is 0. The van der Waals surface area contributed by atoms with Crippen molar-refractivity contribution < 1.29 is 9.53 Å². The number of piperidine rings is 1. The largest absolute Gasteiger partial charge is 0.378 e. The van der Waals surface area contributed by atoms with Gasteiger partial charge in [-0.3, -0.25) is 9.69 Å². The van der Waals surface area contributed by atoms with Gasteiger partial charge in [0, 0.05) is 45.2 Å². The first-order chi connectivity index (χ1) is 11.1. The zero-order valence-corrected chi connectivity index (χ0v) is 15.3. The maximum atomic E-state index is 12.6. The van der Waals surface area contributed by atoms with Gasteiger partial charge in [0.2, 0.25) is 5.91 Å². The van der Waals surface area contributed by atoms with E-state index in [0.717, 1.165) is 78.1 Å². The Labute approximate surface area is 141 Å². The Hall–Kier alpha value is -0.650. The molecule has 0 aliphatic carbocycles. The number of ether oxygens (including phenoxy) is 1. The number of carbonyl (C=O) groups is 1. The second kappa shape index (κ2) is 9.60. The predicted molar refractivity (Wildman–Crippen MR) is 93.6 cm³/mol. The Balaban J connectivity index is 1.61. The molecule has 2 aliphatic heterocycles. The molecule has 0 aromatic rings.